The second-order valence-electron chi connectivity index (χ2n) is 4.45. The molecule has 2 aromatic rings. The van der Waals surface area contributed by atoms with Crippen molar-refractivity contribution >= 4 is 5.95 Å². The predicted octanol–water partition coefficient (Wildman–Crippen LogP) is 2.59. The largest absolute Gasteiger partial charge is 0.433 e. The maximum Gasteiger partial charge on any atom is 0.433 e. The Balaban J connectivity index is 2.52. The number of benzene rings is 1. The van der Waals surface area contributed by atoms with Gasteiger partial charge in [-0.1, -0.05) is 30.3 Å². The number of aromatic nitrogens is 2. The molecular weight excluding hydrogens is 283 g/mol. The van der Waals surface area contributed by atoms with E-state index in [1.165, 1.54) is 11.9 Å². The minimum atomic E-state index is -4.55. The highest BCUT2D eigenvalue weighted by Gasteiger charge is 2.34. The zero-order chi connectivity index (χ0) is 15.5. The average Bonchev–Trinajstić information content (AvgIpc) is 2.47. The minimum Gasteiger partial charge on any atom is -0.395 e. The molecule has 1 N–H and O–H groups in total. The summed E-state index contributed by atoms with van der Waals surface area (Å²) in [4.78, 5) is 9.04. The third kappa shape index (κ3) is 3.69. The van der Waals surface area contributed by atoms with Crippen molar-refractivity contribution in [3.05, 3.63) is 42.1 Å². The smallest absolute Gasteiger partial charge is 0.395 e. The van der Waals surface area contributed by atoms with Crippen molar-refractivity contribution in [3.8, 4) is 11.3 Å². The molecule has 2 rings (SSSR count). The first kappa shape index (κ1) is 15.2. The van der Waals surface area contributed by atoms with Gasteiger partial charge in [0.25, 0.3) is 0 Å². The molecule has 0 saturated heterocycles. The van der Waals surface area contributed by atoms with Crippen LogP contribution in [0.15, 0.2) is 36.4 Å². The lowest BCUT2D eigenvalue weighted by Gasteiger charge is -2.18. The summed E-state index contributed by atoms with van der Waals surface area (Å²) >= 11 is 0. The molecule has 0 aliphatic carbocycles. The van der Waals surface area contributed by atoms with Crippen molar-refractivity contribution < 1.29 is 18.3 Å². The van der Waals surface area contributed by atoms with Gasteiger partial charge in [-0.15, -0.1) is 0 Å². The predicted molar refractivity (Wildman–Crippen MR) is 72.8 cm³/mol. The van der Waals surface area contributed by atoms with E-state index in [9.17, 15) is 13.2 Å². The van der Waals surface area contributed by atoms with Gasteiger partial charge in [0.15, 0.2) is 5.69 Å². The average molecular weight is 297 g/mol. The van der Waals surface area contributed by atoms with Gasteiger partial charge < -0.3 is 10.0 Å². The Hall–Kier alpha value is -2.15. The molecule has 112 valence electrons. The Bertz CT molecular complexity index is 602. The number of aliphatic hydroxyl groups is 1. The second-order valence-corrected chi connectivity index (χ2v) is 4.45. The fourth-order valence-electron chi connectivity index (χ4n) is 1.76. The van der Waals surface area contributed by atoms with Gasteiger partial charge in [0.2, 0.25) is 5.95 Å². The van der Waals surface area contributed by atoms with Gasteiger partial charge in [-0.25, -0.2) is 9.97 Å². The van der Waals surface area contributed by atoms with Crippen molar-refractivity contribution in [1.82, 2.24) is 9.97 Å². The highest BCUT2D eigenvalue weighted by molar-refractivity contribution is 5.61. The van der Waals surface area contributed by atoms with Crippen LogP contribution in [0, 0.1) is 0 Å². The fraction of sp³-hybridized carbons (Fsp3) is 0.286. The van der Waals surface area contributed by atoms with Crippen molar-refractivity contribution in [3.63, 3.8) is 0 Å². The molecule has 0 saturated carbocycles. The van der Waals surface area contributed by atoms with Gasteiger partial charge in [-0.3, -0.25) is 0 Å². The first-order chi connectivity index (χ1) is 9.91. The Labute approximate surface area is 119 Å². The highest BCUT2D eigenvalue weighted by Crippen LogP contribution is 2.31. The van der Waals surface area contributed by atoms with Crippen molar-refractivity contribution in [1.29, 1.82) is 0 Å². The van der Waals surface area contributed by atoms with Crippen LogP contribution < -0.4 is 4.90 Å². The molecular formula is C14H14F3N3O. The molecule has 0 unspecified atom stereocenters. The summed E-state index contributed by atoms with van der Waals surface area (Å²) < 4.78 is 38.9. The first-order valence-corrected chi connectivity index (χ1v) is 6.25. The van der Waals surface area contributed by atoms with E-state index in [-0.39, 0.29) is 24.8 Å². The first-order valence-electron chi connectivity index (χ1n) is 6.25. The zero-order valence-electron chi connectivity index (χ0n) is 11.3. The van der Waals surface area contributed by atoms with Crippen LogP contribution in [-0.4, -0.2) is 35.3 Å². The number of hydrogen-bond acceptors (Lipinski definition) is 4. The standard InChI is InChI=1S/C14H14F3N3O/c1-20(7-8-21)13-18-11(10-5-3-2-4-6-10)9-12(19-13)14(15,16)17/h2-6,9,21H,7-8H2,1H3. The lowest BCUT2D eigenvalue weighted by Crippen LogP contribution is -2.25. The third-order valence-electron chi connectivity index (χ3n) is 2.85. The van der Waals surface area contributed by atoms with E-state index in [4.69, 9.17) is 5.11 Å². The number of hydrogen-bond donors (Lipinski definition) is 1. The number of nitrogens with zero attached hydrogens (tertiary/aromatic N) is 3. The van der Waals surface area contributed by atoms with E-state index in [2.05, 4.69) is 9.97 Å². The summed E-state index contributed by atoms with van der Waals surface area (Å²) in [6.07, 6.45) is -4.55. The lowest BCUT2D eigenvalue weighted by molar-refractivity contribution is -0.141. The molecule has 0 atom stereocenters. The highest BCUT2D eigenvalue weighted by atomic mass is 19.4. The molecule has 0 spiro atoms. The summed E-state index contributed by atoms with van der Waals surface area (Å²) in [5.74, 6) is -0.0715. The molecule has 0 radical (unpaired) electrons. The molecule has 1 heterocycles. The number of anilines is 1. The minimum absolute atomic E-state index is 0.0715. The molecule has 0 fully saturated rings. The number of likely N-dealkylation sites (N-methyl/N-ethyl adjacent to an activating group) is 1. The molecule has 0 aliphatic rings. The molecule has 0 aliphatic heterocycles. The number of halogens is 3. The molecule has 7 heteroatoms. The van der Waals surface area contributed by atoms with Crippen molar-refractivity contribution in [2.75, 3.05) is 25.1 Å². The molecule has 0 amide bonds. The van der Waals surface area contributed by atoms with E-state index < -0.39 is 11.9 Å². The van der Waals surface area contributed by atoms with Crippen LogP contribution in [-0.2, 0) is 6.18 Å². The van der Waals surface area contributed by atoms with E-state index in [0.717, 1.165) is 6.07 Å². The van der Waals surface area contributed by atoms with Crippen LogP contribution >= 0.6 is 0 Å². The SMILES string of the molecule is CN(CCO)c1nc(-c2ccccc2)cc(C(F)(F)F)n1. The maximum absolute atomic E-state index is 13.0. The number of rotatable bonds is 4. The van der Waals surface area contributed by atoms with Crippen LogP contribution in [0.3, 0.4) is 0 Å². The van der Waals surface area contributed by atoms with E-state index >= 15 is 0 Å². The van der Waals surface area contributed by atoms with Gasteiger partial charge in [-0.2, -0.15) is 13.2 Å². The topological polar surface area (TPSA) is 49.2 Å². The van der Waals surface area contributed by atoms with Crippen LogP contribution in [0.2, 0.25) is 0 Å². The van der Waals surface area contributed by atoms with Crippen LogP contribution in [0.4, 0.5) is 19.1 Å². The molecule has 1 aromatic heterocycles. The van der Waals surface area contributed by atoms with Gasteiger partial charge in [0.05, 0.1) is 12.3 Å². The second kappa shape index (κ2) is 6.09. The Kier molecular flexibility index (Phi) is 4.42. The maximum atomic E-state index is 13.0. The molecule has 4 nitrogen and oxygen atoms in total. The van der Waals surface area contributed by atoms with Gasteiger partial charge >= 0.3 is 6.18 Å². The van der Waals surface area contributed by atoms with Crippen molar-refractivity contribution in [2.24, 2.45) is 0 Å². The zero-order valence-corrected chi connectivity index (χ0v) is 11.3. The van der Waals surface area contributed by atoms with Crippen LogP contribution in [0.25, 0.3) is 11.3 Å². The van der Waals surface area contributed by atoms with E-state index in [1.54, 1.807) is 30.3 Å². The molecule has 0 bridgehead atoms. The summed E-state index contributed by atoms with van der Waals surface area (Å²) in [6.45, 7) is -0.0493. The Morgan fingerprint density at radius 2 is 1.81 bits per heavy atom. The fourth-order valence-corrected chi connectivity index (χ4v) is 1.76. The monoisotopic (exact) mass is 297 g/mol. The lowest BCUT2D eigenvalue weighted by atomic mass is 10.1. The Morgan fingerprint density at radius 3 is 2.38 bits per heavy atom. The quantitative estimate of drug-likeness (QED) is 0.942. The van der Waals surface area contributed by atoms with Gasteiger partial charge in [0, 0.05) is 19.2 Å². The summed E-state index contributed by atoms with van der Waals surface area (Å²) in [6, 6.07) is 9.50. The van der Waals surface area contributed by atoms with E-state index in [0.29, 0.717) is 5.56 Å². The van der Waals surface area contributed by atoms with Crippen LogP contribution in [0.1, 0.15) is 5.69 Å². The van der Waals surface area contributed by atoms with Gasteiger partial charge in [-0.05, 0) is 6.07 Å². The van der Waals surface area contributed by atoms with Crippen LogP contribution in [0.5, 0.6) is 0 Å². The van der Waals surface area contributed by atoms with Gasteiger partial charge in [0.1, 0.15) is 0 Å². The normalized spacial score (nSPS) is 11.5. The summed E-state index contributed by atoms with van der Waals surface area (Å²) in [5.41, 5.74) is -0.238. The summed E-state index contributed by atoms with van der Waals surface area (Å²) in [7, 11) is 1.53. The molecule has 1 aromatic carbocycles. The Morgan fingerprint density at radius 1 is 1.14 bits per heavy atom. The third-order valence-corrected chi connectivity index (χ3v) is 2.85. The van der Waals surface area contributed by atoms with Crippen molar-refractivity contribution in [2.45, 2.75) is 6.18 Å². The number of alkyl halides is 3. The summed E-state index contributed by atoms with van der Waals surface area (Å²) in [5, 5.41) is 8.89. The van der Waals surface area contributed by atoms with E-state index in [1.807, 2.05) is 0 Å². The number of aliphatic hydroxyl groups excluding tert-OH is 1. The molecule has 21 heavy (non-hydrogen) atoms.